The Morgan fingerprint density at radius 1 is 1.29 bits per heavy atom. The first-order valence-electron chi connectivity index (χ1n) is 8.37. The monoisotopic (exact) mass is 297 g/mol. The fraction of sp³-hybridized carbons (Fsp3) is 0.941. The van der Waals surface area contributed by atoms with E-state index in [0.717, 1.165) is 45.4 Å². The number of nitrogens with zero attached hydrogens (tertiary/aromatic N) is 1. The number of carbonyl (C=O) groups is 1. The molecule has 1 N–H and O–H groups in total. The highest BCUT2D eigenvalue weighted by atomic mass is 16.5. The molecule has 4 nitrogen and oxygen atoms in total. The zero-order valence-corrected chi connectivity index (χ0v) is 14.0. The summed E-state index contributed by atoms with van der Waals surface area (Å²) in [6.07, 6.45) is 4.07. The summed E-state index contributed by atoms with van der Waals surface area (Å²) in [6.45, 7) is 11.6. The lowest BCUT2D eigenvalue weighted by Crippen LogP contribution is -2.50. The van der Waals surface area contributed by atoms with Crippen LogP contribution < -0.4 is 0 Å². The highest BCUT2D eigenvalue weighted by Crippen LogP contribution is 2.42. The highest BCUT2D eigenvalue weighted by molar-refractivity contribution is 5.71. The fourth-order valence-corrected chi connectivity index (χ4v) is 3.95. The average Bonchev–Trinajstić information content (AvgIpc) is 2.61. The van der Waals surface area contributed by atoms with Crippen LogP contribution in [0.5, 0.6) is 0 Å². The number of ether oxygens (including phenoxy) is 1. The lowest BCUT2D eigenvalue weighted by Gasteiger charge is -2.45. The molecule has 4 unspecified atom stereocenters. The molecular formula is C17H31NO3. The largest absolute Gasteiger partial charge is 0.481 e. The van der Waals surface area contributed by atoms with Gasteiger partial charge in [-0.15, -0.1) is 0 Å². The van der Waals surface area contributed by atoms with E-state index in [1.165, 1.54) is 0 Å². The van der Waals surface area contributed by atoms with Crippen LogP contribution in [0.3, 0.4) is 0 Å². The van der Waals surface area contributed by atoms with Gasteiger partial charge in [-0.3, -0.25) is 9.69 Å². The van der Waals surface area contributed by atoms with Crippen LogP contribution in [0.2, 0.25) is 0 Å². The van der Waals surface area contributed by atoms with E-state index in [2.05, 4.69) is 32.6 Å². The first-order chi connectivity index (χ1) is 9.79. The lowest BCUT2D eigenvalue weighted by atomic mass is 9.67. The van der Waals surface area contributed by atoms with Crippen LogP contribution in [-0.4, -0.2) is 47.8 Å². The van der Waals surface area contributed by atoms with Gasteiger partial charge in [0.2, 0.25) is 0 Å². The van der Waals surface area contributed by atoms with Gasteiger partial charge >= 0.3 is 5.97 Å². The summed E-state index contributed by atoms with van der Waals surface area (Å²) in [5.74, 6) is -0.225. The van der Waals surface area contributed by atoms with Crippen molar-refractivity contribution in [3.63, 3.8) is 0 Å². The molecule has 4 heteroatoms. The molecule has 0 radical (unpaired) electrons. The van der Waals surface area contributed by atoms with E-state index in [9.17, 15) is 9.90 Å². The fourth-order valence-electron chi connectivity index (χ4n) is 3.95. The molecule has 1 aliphatic carbocycles. The molecule has 2 rings (SSSR count). The second-order valence-corrected chi connectivity index (χ2v) is 7.92. The van der Waals surface area contributed by atoms with Crippen molar-refractivity contribution in [2.75, 3.05) is 19.7 Å². The Kier molecular flexibility index (Phi) is 5.31. The van der Waals surface area contributed by atoms with Gasteiger partial charge in [0.15, 0.2) is 0 Å². The highest BCUT2D eigenvalue weighted by Gasteiger charge is 2.42. The quantitative estimate of drug-likeness (QED) is 0.851. The van der Waals surface area contributed by atoms with E-state index in [1.807, 2.05) is 0 Å². The zero-order chi connectivity index (χ0) is 15.6. The Hall–Kier alpha value is -0.610. The molecule has 0 bridgehead atoms. The molecule has 0 aromatic heterocycles. The Labute approximate surface area is 128 Å². The number of aliphatic carboxylic acids is 1. The molecule has 1 heterocycles. The van der Waals surface area contributed by atoms with Crippen LogP contribution in [-0.2, 0) is 9.53 Å². The minimum atomic E-state index is -0.620. The summed E-state index contributed by atoms with van der Waals surface area (Å²) in [5, 5.41) is 9.61. The molecule has 0 aromatic carbocycles. The first kappa shape index (κ1) is 16.8. The van der Waals surface area contributed by atoms with Gasteiger partial charge in [-0.1, -0.05) is 20.8 Å². The topological polar surface area (TPSA) is 49.8 Å². The molecule has 21 heavy (non-hydrogen) atoms. The van der Waals surface area contributed by atoms with Crippen LogP contribution in [0.25, 0.3) is 0 Å². The number of hydrogen-bond acceptors (Lipinski definition) is 3. The van der Waals surface area contributed by atoms with Gasteiger partial charge in [0.05, 0.1) is 12.0 Å². The number of carboxylic acids is 1. The maximum Gasteiger partial charge on any atom is 0.308 e. The van der Waals surface area contributed by atoms with E-state index < -0.39 is 5.97 Å². The third kappa shape index (κ3) is 4.19. The predicted octanol–water partition coefficient (Wildman–Crippen LogP) is 3.01. The third-order valence-electron chi connectivity index (χ3n) is 5.31. The first-order valence-corrected chi connectivity index (χ1v) is 8.37. The van der Waals surface area contributed by atoms with E-state index in [4.69, 9.17) is 4.74 Å². The summed E-state index contributed by atoms with van der Waals surface area (Å²) in [4.78, 5) is 14.1. The van der Waals surface area contributed by atoms with Gasteiger partial charge in [0.25, 0.3) is 0 Å². The van der Waals surface area contributed by atoms with Crippen molar-refractivity contribution in [1.82, 2.24) is 4.90 Å². The number of rotatable bonds is 2. The van der Waals surface area contributed by atoms with E-state index in [1.54, 1.807) is 0 Å². The van der Waals surface area contributed by atoms with E-state index in [0.29, 0.717) is 5.92 Å². The van der Waals surface area contributed by atoms with Gasteiger partial charge in [-0.2, -0.15) is 0 Å². The minimum Gasteiger partial charge on any atom is -0.481 e. The number of hydrogen-bond donors (Lipinski definition) is 1. The third-order valence-corrected chi connectivity index (χ3v) is 5.31. The van der Waals surface area contributed by atoms with Crippen LogP contribution >= 0.6 is 0 Å². The van der Waals surface area contributed by atoms with Crippen molar-refractivity contribution < 1.29 is 14.6 Å². The van der Waals surface area contributed by atoms with Gasteiger partial charge < -0.3 is 9.84 Å². The van der Waals surface area contributed by atoms with Gasteiger partial charge in [0, 0.05) is 25.7 Å². The molecule has 2 fully saturated rings. The van der Waals surface area contributed by atoms with Crippen molar-refractivity contribution in [3.8, 4) is 0 Å². The molecule has 0 amide bonds. The van der Waals surface area contributed by atoms with Crippen molar-refractivity contribution in [2.45, 2.75) is 65.5 Å². The summed E-state index contributed by atoms with van der Waals surface area (Å²) < 4.78 is 5.72. The average molecular weight is 297 g/mol. The zero-order valence-electron chi connectivity index (χ0n) is 14.0. The molecule has 1 aliphatic heterocycles. The molecule has 4 atom stereocenters. The van der Waals surface area contributed by atoms with E-state index >= 15 is 0 Å². The molecule has 1 saturated carbocycles. The van der Waals surface area contributed by atoms with Gasteiger partial charge in [-0.25, -0.2) is 0 Å². The van der Waals surface area contributed by atoms with Crippen molar-refractivity contribution >= 4 is 5.97 Å². The maximum absolute atomic E-state index is 11.7. The SMILES string of the molecule is CC1CN(C2CC(C(C)(C)C)CCC2C(=O)O)CCCO1. The Morgan fingerprint density at radius 3 is 2.62 bits per heavy atom. The predicted molar refractivity (Wildman–Crippen MR) is 83.3 cm³/mol. The van der Waals surface area contributed by atoms with Crippen LogP contribution in [0.15, 0.2) is 0 Å². The van der Waals surface area contributed by atoms with Gasteiger partial charge in [0.1, 0.15) is 0 Å². The molecule has 0 spiro atoms. The molecule has 122 valence electrons. The Morgan fingerprint density at radius 2 is 2.00 bits per heavy atom. The Bertz CT molecular complexity index is 364. The summed E-state index contributed by atoms with van der Waals surface area (Å²) in [6, 6.07) is 0.171. The minimum absolute atomic E-state index is 0.171. The van der Waals surface area contributed by atoms with Crippen LogP contribution in [0, 0.1) is 17.3 Å². The second-order valence-electron chi connectivity index (χ2n) is 7.92. The Balaban J connectivity index is 2.14. The smallest absolute Gasteiger partial charge is 0.308 e. The van der Waals surface area contributed by atoms with E-state index in [-0.39, 0.29) is 23.5 Å². The number of carboxylic acid groups (broad SMARTS) is 1. The van der Waals surface area contributed by atoms with Crippen LogP contribution in [0.1, 0.15) is 53.4 Å². The van der Waals surface area contributed by atoms with Gasteiger partial charge in [-0.05, 0) is 43.9 Å². The molecule has 1 saturated heterocycles. The van der Waals surface area contributed by atoms with Crippen molar-refractivity contribution in [1.29, 1.82) is 0 Å². The molecule has 0 aromatic rings. The molecule has 2 aliphatic rings. The lowest BCUT2D eigenvalue weighted by molar-refractivity contribution is -0.147. The van der Waals surface area contributed by atoms with Crippen molar-refractivity contribution in [3.05, 3.63) is 0 Å². The normalized spacial score (nSPS) is 36.2. The summed E-state index contributed by atoms with van der Waals surface area (Å²) in [5.41, 5.74) is 0.260. The second kappa shape index (κ2) is 6.66. The van der Waals surface area contributed by atoms with Crippen molar-refractivity contribution in [2.24, 2.45) is 17.3 Å². The van der Waals surface area contributed by atoms with Crippen LogP contribution in [0.4, 0.5) is 0 Å². The summed E-state index contributed by atoms with van der Waals surface area (Å²) >= 11 is 0. The standard InChI is InChI=1S/C17H31NO3/c1-12-11-18(8-5-9-21-12)15-10-13(17(2,3)4)6-7-14(15)16(19)20/h12-15H,5-11H2,1-4H3,(H,19,20). The summed E-state index contributed by atoms with van der Waals surface area (Å²) in [7, 11) is 0. The molecular weight excluding hydrogens is 266 g/mol. The maximum atomic E-state index is 11.7.